The maximum absolute atomic E-state index is 10.3. The van der Waals surface area contributed by atoms with E-state index in [0.717, 1.165) is 26.1 Å². The zero-order valence-corrected chi connectivity index (χ0v) is 23.0. The van der Waals surface area contributed by atoms with Crippen LogP contribution in [0.2, 0.25) is 0 Å². The Morgan fingerprint density at radius 2 is 1.06 bits per heavy atom. The highest BCUT2D eigenvalue weighted by molar-refractivity contribution is 5.13. The molecule has 0 atom stereocenters. The number of unbranched alkanes of at least 4 members (excludes halogenated alkanes) is 15. The third kappa shape index (κ3) is 33.0. The van der Waals surface area contributed by atoms with Crippen LogP contribution in [0.1, 0.15) is 122 Å². The first-order chi connectivity index (χ1) is 17.2. The van der Waals surface area contributed by atoms with E-state index >= 15 is 0 Å². The van der Waals surface area contributed by atoms with Gasteiger partial charge in [0.2, 0.25) is 0 Å². The zero-order valence-electron chi connectivity index (χ0n) is 23.0. The first-order valence-corrected chi connectivity index (χ1v) is 14.3. The van der Waals surface area contributed by atoms with Crippen LogP contribution in [0.3, 0.4) is 0 Å². The van der Waals surface area contributed by atoms with Crippen molar-refractivity contribution in [3.63, 3.8) is 0 Å². The number of aliphatic hydroxyl groups is 3. The smallest absolute Gasteiger partial charge is 0.100 e. The van der Waals surface area contributed by atoms with E-state index in [0.29, 0.717) is 0 Å². The summed E-state index contributed by atoms with van der Waals surface area (Å²) >= 11 is 0. The average molecular weight is 498 g/mol. The van der Waals surface area contributed by atoms with E-state index in [4.69, 9.17) is 20.1 Å². The van der Waals surface area contributed by atoms with Gasteiger partial charge in [0, 0.05) is 6.61 Å². The fourth-order valence-electron chi connectivity index (χ4n) is 3.50. The molecule has 35 heavy (non-hydrogen) atoms. The Kier molecular flexibility index (Phi) is 34.1. The SMILES string of the molecule is CCCCCCCCCCCCCCCCCC[O].CCOCc1ccccc1.OCC(O)CO. The molecular formula is C30H57O5. The summed E-state index contributed by atoms with van der Waals surface area (Å²) in [5.74, 6) is 0. The van der Waals surface area contributed by atoms with Crippen LogP contribution in [0.15, 0.2) is 30.3 Å². The molecular weight excluding hydrogens is 440 g/mol. The van der Waals surface area contributed by atoms with Crippen molar-refractivity contribution in [2.24, 2.45) is 0 Å². The van der Waals surface area contributed by atoms with E-state index in [1.165, 1.54) is 95.5 Å². The number of hydrogen-bond acceptors (Lipinski definition) is 4. The predicted molar refractivity (Wildman–Crippen MR) is 147 cm³/mol. The Balaban J connectivity index is 0. The van der Waals surface area contributed by atoms with Gasteiger partial charge in [-0.1, -0.05) is 134 Å². The Morgan fingerprint density at radius 3 is 1.37 bits per heavy atom. The molecule has 0 aromatic heterocycles. The predicted octanol–water partition coefficient (Wildman–Crippen LogP) is 7.23. The highest BCUT2D eigenvalue weighted by Crippen LogP contribution is 2.13. The second-order valence-corrected chi connectivity index (χ2v) is 9.15. The van der Waals surface area contributed by atoms with Crippen molar-refractivity contribution < 1.29 is 25.2 Å². The molecule has 0 unspecified atom stereocenters. The van der Waals surface area contributed by atoms with Gasteiger partial charge in [0.25, 0.3) is 0 Å². The van der Waals surface area contributed by atoms with E-state index in [2.05, 4.69) is 19.1 Å². The van der Waals surface area contributed by atoms with Crippen molar-refractivity contribution in [2.45, 2.75) is 129 Å². The van der Waals surface area contributed by atoms with Crippen molar-refractivity contribution in [3.8, 4) is 0 Å². The normalized spacial score (nSPS) is 10.5. The lowest BCUT2D eigenvalue weighted by molar-refractivity contribution is 0.0450. The summed E-state index contributed by atoms with van der Waals surface area (Å²) in [4.78, 5) is 0. The van der Waals surface area contributed by atoms with Gasteiger partial charge in [-0.05, 0) is 18.9 Å². The lowest BCUT2D eigenvalue weighted by Gasteiger charge is -2.03. The number of hydrogen-bond donors (Lipinski definition) is 3. The first-order valence-electron chi connectivity index (χ1n) is 14.3. The number of rotatable bonds is 21. The molecule has 0 saturated heterocycles. The van der Waals surface area contributed by atoms with Crippen LogP contribution in [0.25, 0.3) is 0 Å². The molecule has 0 bridgehead atoms. The minimum atomic E-state index is -0.954. The second kappa shape index (κ2) is 33.0. The summed E-state index contributed by atoms with van der Waals surface area (Å²) in [5.41, 5.74) is 1.24. The summed E-state index contributed by atoms with van der Waals surface area (Å²) in [5, 5.41) is 34.3. The van der Waals surface area contributed by atoms with Crippen molar-refractivity contribution in [1.82, 2.24) is 0 Å². The van der Waals surface area contributed by atoms with E-state index in [1.54, 1.807) is 0 Å². The summed E-state index contributed by atoms with van der Waals surface area (Å²) in [6, 6.07) is 10.2. The molecule has 0 amide bonds. The number of ether oxygens (including phenoxy) is 1. The maximum atomic E-state index is 10.3. The minimum absolute atomic E-state index is 0.123. The van der Waals surface area contributed by atoms with Crippen molar-refractivity contribution in [3.05, 3.63) is 35.9 Å². The van der Waals surface area contributed by atoms with Crippen LogP contribution < -0.4 is 0 Å². The molecule has 0 aliphatic rings. The summed E-state index contributed by atoms with van der Waals surface area (Å²) in [6.07, 6.45) is 20.9. The van der Waals surface area contributed by atoms with E-state index < -0.39 is 6.10 Å². The summed E-state index contributed by atoms with van der Waals surface area (Å²) in [6.45, 7) is 5.20. The molecule has 0 saturated carbocycles. The molecule has 0 aliphatic carbocycles. The third-order valence-electron chi connectivity index (χ3n) is 5.74. The Morgan fingerprint density at radius 1 is 0.657 bits per heavy atom. The van der Waals surface area contributed by atoms with Gasteiger partial charge in [0.1, 0.15) is 6.10 Å². The zero-order chi connectivity index (χ0) is 26.2. The van der Waals surface area contributed by atoms with Gasteiger partial charge < -0.3 is 20.1 Å². The third-order valence-corrected chi connectivity index (χ3v) is 5.74. The largest absolute Gasteiger partial charge is 0.394 e. The van der Waals surface area contributed by atoms with Gasteiger partial charge in [0.05, 0.1) is 26.4 Å². The lowest BCUT2D eigenvalue weighted by Crippen LogP contribution is -2.15. The number of benzene rings is 1. The monoisotopic (exact) mass is 497 g/mol. The molecule has 1 radical (unpaired) electrons. The maximum Gasteiger partial charge on any atom is 0.100 e. The van der Waals surface area contributed by atoms with Crippen LogP contribution in [-0.4, -0.2) is 47.9 Å². The fourth-order valence-corrected chi connectivity index (χ4v) is 3.50. The van der Waals surface area contributed by atoms with E-state index in [1.807, 2.05) is 25.1 Å². The van der Waals surface area contributed by atoms with E-state index in [9.17, 15) is 5.11 Å². The molecule has 5 nitrogen and oxygen atoms in total. The molecule has 1 aromatic carbocycles. The highest BCUT2D eigenvalue weighted by atomic mass is 16.5. The quantitative estimate of drug-likeness (QED) is 0.156. The molecule has 1 rings (SSSR count). The van der Waals surface area contributed by atoms with Gasteiger partial charge >= 0.3 is 0 Å². The van der Waals surface area contributed by atoms with Crippen molar-refractivity contribution >= 4 is 0 Å². The Bertz CT molecular complexity index is 449. The topological polar surface area (TPSA) is 89.8 Å². The second-order valence-electron chi connectivity index (χ2n) is 9.15. The summed E-state index contributed by atoms with van der Waals surface area (Å²) in [7, 11) is 0. The van der Waals surface area contributed by atoms with Gasteiger partial charge in [0.15, 0.2) is 0 Å². The highest BCUT2D eigenvalue weighted by Gasteiger charge is 1.95. The molecule has 5 heteroatoms. The van der Waals surface area contributed by atoms with Crippen LogP contribution in [0.4, 0.5) is 0 Å². The van der Waals surface area contributed by atoms with Crippen LogP contribution in [0, 0.1) is 0 Å². The van der Waals surface area contributed by atoms with Crippen LogP contribution in [0.5, 0.6) is 0 Å². The molecule has 0 spiro atoms. The Labute approximate surface area is 216 Å². The fraction of sp³-hybridized carbons (Fsp3) is 0.800. The number of aliphatic hydroxyl groups excluding tert-OH is 3. The molecule has 207 valence electrons. The molecule has 0 aliphatic heterocycles. The molecule has 0 fully saturated rings. The summed E-state index contributed by atoms with van der Waals surface area (Å²) < 4.78 is 5.22. The molecule has 0 heterocycles. The lowest BCUT2D eigenvalue weighted by atomic mass is 10.0. The standard InChI is InChI=1S/C18H37O.C9H12O.C3H8O3/c1-2-3-4-5-6-7-8-9-10-11-12-13-14-15-16-17-18-19;1-2-10-8-9-6-4-3-5-7-9;4-1-3(6)2-5/h2-18H2,1H3;3-7H,2,8H2,1H3;3-6H,1-2H2. The van der Waals surface area contributed by atoms with Crippen molar-refractivity contribution in [2.75, 3.05) is 26.4 Å². The van der Waals surface area contributed by atoms with Gasteiger partial charge in [-0.3, -0.25) is 0 Å². The van der Waals surface area contributed by atoms with Gasteiger partial charge in [-0.15, -0.1) is 0 Å². The molecule has 1 aromatic rings. The van der Waals surface area contributed by atoms with E-state index in [-0.39, 0.29) is 19.8 Å². The molecule has 3 N–H and O–H groups in total. The van der Waals surface area contributed by atoms with Crippen LogP contribution in [-0.2, 0) is 16.5 Å². The minimum Gasteiger partial charge on any atom is -0.394 e. The average Bonchev–Trinajstić information content (AvgIpc) is 2.90. The van der Waals surface area contributed by atoms with Crippen molar-refractivity contribution in [1.29, 1.82) is 0 Å². The van der Waals surface area contributed by atoms with Crippen LogP contribution >= 0.6 is 0 Å². The first kappa shape index (κ1) is 36.2. The Hall–Kier alpha value is -0.980. The van der Waals surface area contributed by atoms with Gasteiger partial charge in [-0.25, -0.2) is 5.11 Å². The van der Waals surface area contributed by atoms with Gasteiger partial charge in [-0.2, -0.15) is 0 Å².